The van der Waals surface area contributed by atoms with Crippen LogP contribution in [0.15, 0.2) is 4.42 Å². The molecule has 14 heavy (non-hydrogen) atoms. The van der Waals surface area contributed by atoms with E-state index in [1.807, 2.05) is 13.8 Å². The standard InChI is InChI=1S/C8H13F2N3O/c1-3-5(11-4-2)7-12-13-8(14-7)6(9)10/h5-6,11H,3-4H2,1-2H3. The minimum atomic E-state index is -2.70. The third-order valence-electron chi connectivity index (χ3n) is 1.80. The van der Waals surface area contributed by atoms with E-state index in [4.69, 9.17) is 4.42 Å². The highest BCUT2D eigenvalue weighted by atomic mass is 19.3. The molecule has 0 saturated heterocycles. The van der Waals surface area contributed by atoms with Crippen molar-refractivity contribution in [3.8, 4) is 0 Å². The predicted molar refractivity (Wildman–Crippen MR) is 46.0 cm³/mol. The van der Waals surface area contributed by atoms with E-state index in [1.54, 1.807) is 0 Å². The van der Waals surface area contributed by atoms with Gasteiger partial charge in [-0.2, -0.15) is 8.78 Å². The lowest BCUT2D eigenvalue weighted by Gasteiger charge is -2.09. The van der Waals surface area contributed by atoms with Gasteiger partial charge in [0.05, 0.1) is 6.04 Å². The van der Waals surface area contributed by atoms with Crippen LogP contribution in [-0.4, -0.2) is 16.7 Å². The molecule has 0 aromatic carbocycles. The Bertz CT molecular complexity index is 277. The minimum Gasteiger partial charge on any atom is -0.418 e. The number of rotatable bonds is 5. The summed E-state index contributed by atoms with van der Waals surface area (Å²) < 4.78 is 29.0. The number of halogens is 2. The molecule has 0 aliphatic carbocycles. The normalized spacial score (nSPS) is 13.5. The highest BCUT2D eigenvalue weighted by Gasteiger charge is 2.20. The molecule has 0 aliphatic heterocycles. The molecule has 1 atom stereocenters. The van der Waals surface area contributed by atoms with Crippen molar-refractivity contribution in [2.75, 3.05) is 6.54 Å². The maximum absolute atomic E-state index is 12.1. The van der Waals surface area contributed by atoms with Gasteiger partial charge in [-0.15, -0.1) is 10.2 Å². The fourth-order valence-electron chi connectivity index (χ4n) is 1.13. The summed E-state index contributed by atoms with van der Waals surface area (Å²) in [6.45, 7) is 4.57. The van der Waals surface area contributed by atoms with Gasteiger partial charge in [0, 0.05) is 0 Å². The van der Waals surface area contributed by atoms with Crippen LogP contribution in [-0.2, 0) is 0 Å². The van der Waals surface area contributed by atoms with Crippen molar-refractivity contribution in [3.63, 3.8) is 0 Å². The van der Waals surface area contributed by atoms with E-state index in [0.29, 0.717) is 0 Å². The Balaban J connectivity index is 2.73. The molecular formula is C8H13F2N3O. The Kier molecular flexibility index (Phi) is 3.94. The Labute approximate surface area is 80.7 Å². The predicted octanol–water partition coefficient (Wildman–Crippen LogP) is 2.07. The quantitative estimate of drug-likeness (QED) is 0.799. The van der Waals surface area contributed by atoms with Crippen LogP contribution in [0.4, 0.5) is 8.78 Å². The SMILES string of the molecule is CCNC(CC)c1nnc(C(F)F)o1. The minimum absolute atomic E-state index is 0.139. The first-order valence-corrected chi connectivity index (χ1v) is 4.53. The van der Waals surface area contributed by atoms with Crippen molar-refractivity contribution in [1.29, 1.82) is 0 Å². The fourth-order valence-corrected chi connectivity index (χ4v) is 1.13. The molecule has 1 aromatic heterocycles. The maximum atomic E-state index is 12.1. The summed E-state index contributed by atoms with van der Waals surface area (Å²) in [4.78, 5) is 0. The first-order chi connectivity index (χ1) is 6.69. The van der Waals surface area contributed by atoms with E-state index >= 15 is 0 Å². The average Bonchev–Trinajstić information content (AvgIpc) is 2.63. The molecule has 0 saturated carbocycles. The van der Waals surface area contributed by atoms with Gasteiger partial charge in [-0.1, -0.05) is 13.8 Å². The lowest BCUT2D eigenvalue weighted by Crippen LogP contribution is -2.20. The second-order valence-electron chi connectivity index (χ2n) is 2.80. The molecule has 0 bridgehead atoms. The molecule has 6 heteroatoms. The van der Waals surface area contributed by atoms with E-state index in [1.165, 1.54) is 0 Å². The molecule has 1 unspecified atom stereocenters. The Morgan fingerprint density at radius 2 is 1.93 bits per heavy atom. The van der Waals surface area contributed by atoms with Gasteiger partial charge in [0.1, 0.15) is 0 Å². The highest BCUT2D eigenvalue weighted by molar-refractivity contribution is 4.90. The van der Waals surface area contributed by atoms with E-state index < -0.39 is 12.3 Å². The number of nitrogens with one attached hydrogen (secondary N) is 1. The number of hydrogen-bond donors (Lipinski definition) is 1. The number of aromatic nitrogens is 2. The van der Waals surface area contributed by atoms with Gasteiger partial charge in [-0.05, 0) is 13.0 Å². The van der Waals surface area contributed by atoms with E-state index in [-0.39, 0.29) is 11.9 Å². The molecule has 0 fully saturated rings. The summed E-state index contributed by atoms with van der Waals surface area (Å²) in [6.07, 6.45) is -1.98. The summed E-state index contributed by atoms with van der Waals surface area (Å²) in [5.74, 6) is -0.388. The zero-order valence-corrected chi connectivity index (χ0v) is 8.13. The average molecular weight is 205 g/mol. The largest absolute Gasteiger partial charge is 0.418 e. The van der Waals surface area contributed by atoms with Crippen LogP contribution < -0.4 is 5.32 Å². The Hall–Kier alpha value is -1.04. The summed E-state index contributed by atoms with van der Waals surface area (Å²) >= 11 is 0. The Morgan fingerprint density at radius 1 is 1.29 bits per heavy atom. The molecule has 1 rings (SSSR count). The third kappa shape index (κ3) is 2.47. The number of alkyl halides is 2. The van der Waals surface area contributed by atoms with Gasteiger partial charge < -0.3 is 9.73 Å². The second kappa shape index (κ2) is 4.99. The zero-order valence-electron chi connectivity index (χ0n) is 8.13. The van der Waals surface area contributed by atoms with Crippen molar-refractivity contribution in [2.24, 2.45) is 0 Å². The fraction of sp³-hybridized carbons (Fsp3) is 0.750. The van der Waals surface area contributed by atoms with Crippen LogP contribution >= 0.6 is 0 Å². The van der Waals surface area contributed by atoms with Gasteiger partial charge in [-0.25, -0.2) is 0 Å². The van der Waals surface area contributed by atoms with Crippen molar-refractivity contribution in [3.05, 3.63) is 11.8 Å². The van der Waals surface area contributed by atoms with Crippen molar-refractivity contribution >= 4 is 0 Å². The van der Waals surface area contributed by atoms with Crippen LogP contribution in [0.1, 0.15) is 44.5 Å². The molecule has 0 spiro atoms. The second-order valence-corrected chi connectivity index (χ2v) is 2.80. The molecule has 1 N–H and O–H groups in total. The van der Waals surface area contributed by atoms with Gasteiger partial charge in [0.25, 0.3) is 5.89 Å². The molecule has 0 amide bonds. The highest BCUT2D eigenvalue weighted by Crippen LogP contribution is 2.21. The smallest absolute Gasteiger partial charge is 0.314 e. The molecule has 1 heterocycles. The van der Waals surface area contributed by atoms with Gasteiger partial charge in [0.15, 0.2) is 0 Å². The van der Waals surface area contributed by atoms with Gasteiger partial charge >= 0.3 is 6.43 Å². The first-order valence-electron chi connectivity index (χ1n) is 4.53. The lowest BCUT2D eigenvalue weighted by atomic mass is 10.2. The van der Waals surface area contributed by atoms with Crippen molar-refractivity contribution in [2.45, 2.75) is 32.7 Å². The topological polar surface area (TPSA) is 51.0 Å². The summed E-state index contributed by atoms with van der Waals surface area (Å²) in [5, 5.41) is 9.89. The monoisotopic (exact) mass is 205 g/mol. The molecule has 0 aliphatic rings. The molecule has 4 nitrogen and oxygen atoms in total. The summed E-state index contributed by atoms with van der Waals surface area (Å²) in [7, 11) is 0. The van der Waals surface area contributed by atoms with Crippen LogP contribution in [0, 0.1) is 0 Å². The Morgan fingerprint density at radius 3 is 2.36 bits per heavy atom. The summed E-state index contributed by atoms with van der Waals surface area (Å²) in [5.41, 5.74) is 0. The third-order valence-corrected chi connectivity index (χ3v) is 1.80. The summed E-state index contributed by atoms with van der Waals surface area (Å²) in [6, 6.07) is -0.139. The van der Waals surface area contributed by atoms with E-state index in [9.17, 15) is 8.78 Å². The molecule has 1 aromatic rings. The van der Waals surface area contributed by atoms with Crippen LogP contribution in [0.5, 0.6) is 0 Å². The van der Waals surface area contributed by atoms with Crippen LogP contribution in [0.3, 0.4) is 0 Å². The van der Waals surface area contributed by atoms with E-state index in [0.717, 1.165) is 13.0 Å². The molecule has 80 valence electrons. The lowest BCUT2D eigenvalue weighted by molar-refractivity contribution is 0.112. The maximum Gasteiger partial charge on any atom is 0.314 e. The zero-order chi connectivity index (χ0) is 10.6. The number of nitrogens with zero attached hydrogens (tertiary/aromatic N) is 2. The molecule has 0 radical (unpaired) electrons. The first kappa shape index (κ1) is 11.0. The van der Waals surface area contributed by atoms with Crippen molar-refractivity contribution < 1.29 is 13.2 Å². The van der Waals surface area contributed by atoms with Crippen LogP contribution in [0.2, 0.25) is 0 Å². The van der Waals surface area contributed by atoms with Crippen molar-refractivity contribution in [1.82, 2.24) is 15.5 Å². The number of hydrogen-bond acceptors (Lipinski definition) is 4. The van der Waals surface area contributed by atoms with Gasteiger partial charge in [-0.3, -0.25) is 0 Å². The van der Waals surface area contributed by atoms with Crippen LogP contribution in [0.25, 0.3) is 0 Å². The molecular weight excluding hydrogens is 192 g/mol. The van der Waals surface area contributed by atoms with Gasteiger partial charge in [0.2, 0.25) is 5.89 Å². The van der Waals surface area contributed by atoms with E-state index in [2.05, 4.69) is 15.5 Å².